The topological polar surface area (TPSA) is 19.6 Å². The maximum absolute atomic E-state index is 7.02. The van der Waals surface area contributed by atoms with E-state index in [1.54, 1.807) is 0 Å². The van der Waals surface area contributed by atoms with Crippen molar-refractivity contribution >= 4 is 79.2 Å². The summed E-state index contributed by atoms with van der Waals surface area (Å²) in [6.07, 6.45) is 9.35. The lowest BCUT2D eigenvalue weighted by atomic mass is 9.32. The highest BCUT2D eigenvalue weighted by Crippen LogP contribution is 2.56. The van der Waals surface area contributed by atoms with Gasteiger partial charge in [-0.15, -0.1) is 0 Å². The Bertz CT molecular complexity index is 3710. The van der Waals surface area contributed by atoms with Crippen LogP contribution < -0.4 is 26.2 Å². The fourth-order valence-electron chi connectivity index (χ4n) is 16.2. The molecule has 8 aromatic rings. The molecule has 2 aliphatic heterocycles. The van der Waals surface area contributed by atoms with Crippen molar-refractivity contribution < 1.29 is 4.42 Å². The number of hydrogen-bond acceptors (Lipinski definition) is 3. The number of para-hydroxylation sites is 2. The van der Waals surface area contributed by atoms with E-state index in [1.165, 1.54) is 126 Å². The smallest absolute Gasteiger partial charge is 0.252 e. The molecule has 398 valence electrons. The number of furan rings is 1. The molecule has 14 rings (SSSR count). The van der Waals surface area contributed by atoms with E-state index in [-0.39, 0.29) is 50.0 Å². The molecule has 4 heteroatoms. The second-order valence-corrected chi connectivity index (χ2v) is 30.8. The van der Waals surface area contributed by atoms with Gasteiger partial charge in [0.2, 0.25) is 0 Å². The Kier molecular flexibility index (Phi) is 10.2. The molecule has 0 saturated carbocycles. The lowest BCUT2D eigenvalue weighted by Gasteiger charge is -2.49. The minimum Gasteiger partial charge on any atom is -0.455 e. The lowest BCUT2D eigenvalue weighted by Crippen LogP contribution is -2.62. The first-order chi connectivity index (χ1) is 36.6. The van der Waals surface area contributed by atoms with Gasteiger partial charge in [-0.3, -0.25) is 0 Å². The van der Waals surface area contributed by atoms with Gasteiger partial charge in [0.05, 0.1) is 0 Å². The maximum Gasteiger partial charge on any atom is 0.252 e. The molecular formula is C74H83BN2O. The molecule has 0 unspecified atom stereocenters. The molecule has 0 fully saturated rings. The van der Waals surface area contributed by atoms with Crippen molar-refractivity contribution in [3.05, 3.63) is 160 Å². The summed E-state index contributed by atoms with van der Waals surface area (Å²) in [5.41, 5.74) is 28.4. The van der Waals surface area contributed by atoms with Crippen molar-refractivity contribution in [1.29, 1.82) is 0 Å². The van der Waals surface area contributed by atoms with Crippen molar-refractivity contribution in [2.24, 2.45) is 0 Å². The van der Waals surface area contributed by atoms with Crippen LogP contribution in [0.4, 0.5) is 34.1 Å². The zero-order valence-corrected chi connectivity index (χ0v) is 50.0. The van der Waals surface area contributed by atoms with Gasteiger partial charge in [0.25, 0.3) is 6.71 Å². The van der Waals surface area contributed by atoms with Gasteiger partial charge in [-0.05, 0) is 216 Å². The van der Waals surface area contributed by atoms with Crippen molar-refractivity contribution in [1.82, 2.24) is 0 Å². The summed E-state index contributed by atoms with van der Waals surface area (Å²) in [4.78, 5) is 5.49. The fourth-order valence-corrected chi connectivity index (χ4v) is 16.2. The van der Waals surface area contributed by atoms with Crippen LogP contribution in [0.25, 0.3) is 33.1 Å². The molecule has 0 amide bonds. The summed E-state index contributed by atoms with van der Waals surface area (Å²) < 4.78 is 7.02. The fraction of sp³-hybridized carbons (Fsp3) is 0.432. The summed E-state index contributed by atoms with van der Waals surface area (Å²) >= 11 is 0. The highest BCUT2D eigenvalue weighted by atomic mass is 16.3. The minimum absolute atomic E-state index is 0.0122. The van der Waals surface area contributed by atoms with E-state index >= 15 is 0 Å². The molecule has 0 N–H and O–H groups in total. The maximum atomic E-state index is 7.02. The molecule has 4 aliphatic carbocycles. The van der Waals surface area contributed by atoms with Gasteiger partial charge in [-0.25, -0.2) is 0 Å². The van der Waals surface area contributed by atoms with Gasteiger partial charge in [0, 0.05) is 50.5 Å². The number of benzene rings is 7. The van der Waals surface area contributed by atoms with Gasteiger partial charge in [-0.1, -0.05) is 171 Å². The van der Waals surface area contributed by atoms with Crippen LogP contribution in [0.3, 0.4) is 0 Å². The van der Waals surface area contributed by atoms with Crippen LogP contribution in [0.15, 0.2) is 120 Å². The van der Waals surface area contributed by atoms with E-state index in [0.717, 1.165) is 53.2 Å². The molecule has 0 atom stereocenters. The summed E-state index contributed by atoms with van der Waals surface area (Å²) in [6, 6.07) is 46.7. The third kappa shape index (κ3) is 7.08. The molecular weight excluding hydrogens is 944 g/mol. The SMILES string of the molecule is CC1(C)CCC(C)(C)c2cc(N3c4cc5c(cc4B4c6cc7c(cc6N(c6ccc8c(c6)C(C)(C)CCC8(C)C)c6cc(-c8cccc9c8oc8ccccc89)cc3c64)C(C)(C)CCC7(C)C)C(C)(C)CCC5(C)C)ccc21. The van der Waals surface area contributed by atoms with Crippen molar-refractivity contribution in [3.8, 4) is 11.1 Å². The Morgan fingerprint density at radius 2 is 0.718 bits per heavy atom. The molecule has 0 saturated heterocycles. The number of fused-ring (bicyclic) bond motifs is 11. The first-order valence-corrected chi connectivity index (χ1v) is 30.0. The Morgan fingerprint density at radius 3 is 1.15 bits per heavy atom. The second kappa shape index (κ2) is 15.9. The highest BCUT2D eigenvalue weighted by molar-refractivity contribution is 7.00. The molecule has 1 aromatic heterocycles. The van der Waals surface area contributed by atoms with E-state index < -0.39 is 0 Å². The van der Waals surface area contributed by atoms with Crippen molar-refractivity contribution in [2.75, 3.05) is 9.80 Å². The summed E-state index contributed by atoms with van der Waals surface area (Å²) in [5.74, 6) is 0. The molecule has 6 aliphatic rings. The first kappa shape index (κ1) is 50.2. The quantitative estimate of drug-likeness (QED) is 0.164. The standard InChI is InChI=1S/C74H83BN2O/c1-67(2)28-30-69(5,6)52-38-45(24-26-50(52)67)76-60-42-56-54(71(9,10)32-34-73(56,13)14)40-58(60)75-59-41-55-57(74(15,16)35-33-72(55,11)12)43-61(59)77(46-25-27-51-53(39-46)70(7,8)31-29-68(51,3)4)63-37-44(36-62(76)65(63)75)47-21-19-22-49-48-20-17-18-23-64(48)78-66(47)49/h17-27,36-43H,28-35H2,1-16H3. The summed E-state index contributed by atoms with van der Waals surface area (Å²) in [7, 11) is 0. The summed E-state index contributed by atoms with van der Waals surface area (Å²) in [6.45, 7) is 39.9. The molecule has 3 heterocycles. The van der Waals surface area contributed by atoms with Gasteiger partial charge in [0.1, 0.15) is 11.2 Å². The number of hydrogen-bond donors (Lipinski definition) is 0. The van der Waals surface area contributed by atoms with Crippen LogP contribution in [0.5, 0.6) is 0 Å². The molecule has 78 heavy (non-hydrogen) atoms. The van der Waals surface area contributed by atoms with E-state index in [2.05, 4.69) is 236 Å². The Morgan fingerprint density at radius 1 is 0.346 bits per heavy atom. The molecule has 3 nitrogen and oxygen atoms in total. The van der Waals surface area contributed by atoms with Gasteiger partial charge in [-0.2, -0.15) is 0 Å². The highest BCUT2D eigenvalue weighted by Gasteiger charge is 2.50. The van der Waals surface area contributed by atoms with Crippen LogP contribution >= 0.6 is 0 Å². The zero-order valence-electron chi connectivity index (χ0n) is 50.0. The average molecular weight is 1030 g/mol. The Labute approximate surface area is 467 Å². The molecule has 7 aromatic carbocycles. The third-order valence-electron chi connectivity index (χ3n) is 21.9. The minimum atomic E-state index is -0.0122. The van der Waals surface area contributed by atoms with Crippen molar-refractivity contribution in [3.63, 3.8) is 0 Å². The largest absolute Gasteiger partial charge is 0.455 e. The average Bonchev–Trinajstić information content (AvgIpc) is 3.94. The normalized spacial score (nSPS) is 21.7. The van der Waals surface area contributed by atoms with E-state index in [4.69, 9.17) is 4.42 Å². The second-order valence-electron chi connectivity index (χ2n) is 30.8. The Hall–Kier alpha value is -6.00. The van der Waals surface area contributed by atoms with Gasteiger partial charge in [0.15, 0.2) is 0 Å². The van der Waals surface area contributed by atoms with E-state index in [9.17, 15) is 0 Å². The molecule has 0 bridgehead atoms. The predicted octanol–water partition coefficient (Wildman–Crippen LogP) is 18.7. The van der Waals surface area contributed by atoms with Crippen LogP contribution in [0, 0.1) is 0 Å². The molecule has 0 spiro atoms. The monoisotopic (exact) mass is 1030 g/mol. The lowest BCUT2D eigenvalue weighted by molar-refractivity contribution is 0.332. The van der Waals surface area contributed by atoms with Gasteiger partial charge < -0.3 is 14.2 Å². The number of anilines is 6. The van der Waals surface area contributed by atoms with E-state index in [0.29, 0.717) is 0 Å². The van der Waals surface area contributed by atoms with Crippen LogP contribution in [-0.2, 0) is 43.3 Å². The Balaban J connectivity index is 1.16. The van der Waals surface area contributed by atoms with Crippen LogP contribution in [0.1, 0.15) is 207 Å². The predicted molar refractivity (Wildman–Crippen MR) is 334 cm³/mol. The van der Waals surface area contributed by atoms with E-state index in [1.807, 2.05) is 0 Å². The summed E-state index contributed by atoms with van der Waals surface area (Å²) in [5, 5.41) is 2.31. The van der Waals surface area contributed by atoms with Crippen LogP contribution in [0.2, 0.25) is 0 Å². The first-order valence-electron chi connectivity index (χ1n) is 30.0. The van der Waals surface area contributed by atoms with Gasteiger partial charge >= 0.3 is 0 Å². The number of nitrogens with zero attached hydrogens (tertiary/aromatic N) is 2. The zero-order chi connectivity index (χ0) is 54.8. The van der Waals surface area contributed by atoms with Crippen molar-refractivity contribution in [2.45, 2.75) is 205 Å². The third-order valence-corrected chi connectivity index (χ3v) is 21.9. The number of rotatable bonds is 3. The molecule has 0 radical (unpaired) electrons. The van der Waals surface area contributed by atoms with Crippen LogP contribution in [-0.4, -0.2) is 6.71 Å².